The molecule has 2 atom stereocenters. The first kappa shape index (κ1) is 19.5. The lowest BCUT2D eigenvalue weighted by Gasteiger charge is -2.26. The van der Waals surface area contributed by atoms with Crippen molar-refractivity contribution >= 4 is 23.4 Å². The Morgan fingerprint density at radius 3 is 2.22 bits per heavy atom. The molecule has 0 saturated heterocycles. The van der Waals surface area contributed by atoms with Gasteiger partial charge in [-0.05, 0) is 43.0 Å². The van der Waals surface area contributed by atoms with Crippen molar-refractivity contribution in [3.8, 4) is 0 Å². The molecule has 0 saturated carbocycles. The predicted molar refractivity (Wildman–Crippen MR) is 91.5 cm³/mol. The Hall–Kier alpha value is -1.59. The van der Waals surface area contributed by atoms with Gasteiger partial charge in [0.2, 0.25) is 5.91 Å². The molecule has 0 fully saturated rings. The normalized spacial score (nSPS) is 14.0. The fraction of sp³-hybridized carbons (Fsp3) is 0.529. The molecule has 1 aromatic carbocycles. The highest BCUT2D eigenvalue weighted by Crippen LogP contribution is 2.20. The lowest BCUT2D eigenvalue weighted by molar-refractivity contribution is -0.123. The van der Waals surface area contributed by atoms with Crippen LogP contribution in [0.5, 0.6) is 0 Å². The maximum absolute atomic E-state index is 12.2. The molecule has 0 aliphatic carbocycles. The zero-order valence-corrected chi connectivity index (χ0v) is 14.8. The Morgan fingerprint density at radius 2 is 1.74 bits per heavy atom. The van der Waals surface area contributed by atoms with Gasteiger partial charge in [-0.2, -0.15) is 0 Å². The quantitative estimate of drug-likeness (QED) is 0.744. The molecule has 2 unspecified atom stereocenters. The van der Waals surface area contributed by atoms with E-state index in [1.165, 1.54) is 0 Å². The van der Waals surface area contributed by atoms with E-state index in [0.29, 0.717) is 17.0 Å². The summed E-state index contributed by atoms with van der Waals surface area (Å²) in [4.78, 5) is 24.2. The van der Waals surface area contributed by atoms with E-state index in [1.807, 2.05) is 20.8 Å². The van der Waals surface area contributed by atoms with Gasteiger partial charge < -0.3 is 15.7 Å². The summed E-state index contributed by atoms with van der Waals surface area (Å²) in [6, 6.07) is 5.39. The van der Waals surface area contributed by atoms with Crippen LogP contribution in [0.3, 0.4) is 0 Å². The summed E-state index contributed by atoms with van der Waals surface area (Å²) in [5, 5.41) is 15.3. The largest absolute Gasteiger partial charge is 0.394 e. The van der Waals surface area contributed by atoms with Gasteiger partial charge in [0.05, 0.1) is 12.6 Å². The summed E-state index contributed by atoms with van der Waals surface area (Å²) in [7, 11) is 0. The first-order valence-electron chi connectivity index (χ1n) is 7.60. The van der Waals surface area contributed by atoms with Crippen LogP contribution in [0.15, 0.2) is 24.3 Å². The molecular formula is C17H25ClN2O3. The van der Waals surface area contributed by atoms with Crippen molar-refractivity contribution in [2.75, 3.05) is 6.61 Å². The van der Waals surface area contributed by atoms with Crippen molar-refractivity contribution in [3.05, 3.63) is 34.9 Å². The smallest absolute Gasteiger partial charge is 0.251 e. The SMILES string of the molecule is CC(NC(=O)c1ccc(Cl)cc1)C(=O)NC(CO)CC(C)(C)C. The number of hydrogen-bond acceptors (Lipinski definition) is 3. The number of carbonyl (C=O) groups excluding carboxylic acids is 2. The maximum Gasteiger partial charge on any atom is 0.251 e. The second-order valence-electron chi connectivity index (χ2n) is 6.85. The number of amides is 2. The highest BCUT2D eigenvalue weighted by molar-refractivity contribution is 6.30. The molecule has 0 aliphatic rings. The van der Waals surface area contributed by atoms with Gasteiger partial charge >= 0.3 is 0 Å². The van der Waals surface area contributed by atoms with Crippen LogP contribution in [0, 0.1) is 5.41 Å². The van der Waals surface area contributed by atoms with Crippen LogP contribution in [0.2, 0.25) is 5.02 Å². The fourth-order valence-corrected chi connectivity index (χ4v) is 2.30. The molecule has 1 rings (SSSR count). The first-order chi connectivity index (χ1) is 10.6. The third kappa shape index (κ3) is 7.01. The molecule has 0 aliphatic heterocycles. The van der Waals surface area contributed by atoms with E-state index in [2.05, 4.69) is 10.6 Å². The van der Waals surface area contributed by atoms with Crippen molar-refractivity contribution in [1.29, 1.82) is 0 Å². The lowest BCUT2D eigenvalue weighted by Crippen LogP contribution is -2.49. The number of nitrogens with one attached hydrogen (secondary N) is 2. The standard InChI is InChI=1S/C17H25ClN2O3/c1-11(15(22)20-14(10-21)9-17(2,3)4)19-16(23)12-5-7-13(18)8-6-12/h5-8,11,14,21H,9-10H2,1-4H3,(H,19,23)(H,20,22). The number of halogens is 1. The van der Waals surface area contributed by atoms with Gasteiger partial charge in [-0.3, -0.25) is 9.59 Å². The van der Waals surface area contributed by atoms with Crippen LogP contribution in [0.25, 0.3) is 0 Å². The van der Waals surface area contributed by atoms with Crippen LogP contribution in [-0.2, 0) is 4.79 Å². The number of aliphatic hydroxyl groups excluding tert-OH is 1. The van der Waals surface area contributed by atoms with E-state index < -0.39 is 6.04 Å². The number of aliphatic hydroxyl groups is 1. The average molecular weight is 341 g/mol. The van der Waals surface area contributed by atoms with Gasteiger partial charge in [-0.15, -0.1) is 0 Å². The zero-order valence-electron chi connectivity index (χ0n) is 14.0. The van der Waals surface area contributed by atoms with Crippen LogP contribution in [0.4, 0.5) is 0 Å². The van der Waals surface area contributed by atoms with E-state index in [4.69, 9.17) is 11.6 Å². The summed E-state index contributed by atoms with van der Waals surface area (Å²) in [6.07, 6.45) is 0.646. The molecule has 0 bridgehead atoms. The molecule has 5 nitrogen and oxygen atoms in total. The Morgan fingerprint density at radius 1 is 1.17 bits per heavy atom. The first-order valence-corrected chi connectivity index (χ1v) is 7.98. The molecular weight excluding hydrogens is 316 g/mol. The van der Waals surface area contributed by atoms with Crippen molar-refractivity contribution < 1.29 is 14.7 Å². The second-order valence-corrected chi connectivity index (χ2v) is 7.29. The minimum Gasteiger partial charge on any atom is -0.394 e. The molecule has 128 valence electrons. The zero-order chi connectivity index (χ0) is 17.6. The average Bonchev–Trinajstić information content (AvgIpc) is 2.45. The van der Waals surface area contributed by atoms with Gasteiger partial charge in [0.25, 0.3) is 5.91 Å². The molecule has 0 heterocycles. The molecule has 0 aromatic heterocycles. The maximum atomic E-state index is 12.2. The monoisotopic (exact) mass is 340 g/mol. The van der Waals surface area contributed by atoms with E-state index in [1.54, 1.807) is 31.2 Å². The Balaban J connectivity index is 2.59. The minimum absolute atomic E-state index is 0.0174. The molecule has 0 radical (unpaired) electrons. The van der Waals surface area contributed by atoms with Gasteiger partial charge in [0.1, 0.15) is 6.04 Å². The van der Waals surface area contributed by atoms with Crippen LogP contribution in [-0.4, -0.2) is 35.6 Å². The molecule has 1 aromatic rings. The predicted octanol–water partition coefficient (Wildman–Crippen LogP) is 2.37. The van der Waals surface area contributed by atoms with Crippen molar-refractivity contribution in [1.82, 2.24) is 10.6 Å². The van der Waals surface area contributed by atoms with Gasteiger partial charge in [-0.1, -0.05) is 32.4 Å². The highest BCUT2D eigenvalue weighted by atomic mass is 35.5. The summed E-state index contributed by atoms with van der Waals surface area (Å²) in [6.45, 7) is 7.57. The summed E-state index contributed by atoms with van der Waals surface area (Å²) >= 11 is 5.78. The molecule has 23 heavy (non-hydrogen) atoms. The second kappa shape index (κ2) is 8.31. The third-order valence-corrected chi connectivity index (χ3v) is 3.52. The van der Waals surface area contributed by atoms with Gasteiger partial charge in [0, 0.05) is 10.6 Å². The van der Waals surface area contributed by atoms with E-state index >= 15 is 0 Å². The van der Waals surface area contributed by atoms with Crippen molar-refractivity contribution in [2.24, 2.45) is 5.41 Å². The van der Waals surface area contributed by atoms with Crippen LogP contribution >= 0.6 is 11.6 Å². The molecule has 0 spiro atoms. The van der Waals surface area contributed by atoms with Gasteiger partial charge in [-0.25, -0.2) is 0 Å². The topological polar surface area (TPSA) is 78.4 Å². The van der Waals surface area contributed by atoms with E-state index in [-0.39, 0.29) is 29.9 Å². The summed E-state index contributed by atoms with van der Waals surface area (Å²) in [5.74, 6) is -0.670. The number of hydrogen-bond donors (Lipinski definition) is 3. The fourth-order valence-electron chi connectivity index (χ4n) is 2.17. The molecule has 6 heteroatoms. The lowest BCUT2D eigenvalue weighted by atomic mass is 9.88. The van der Waals surface area contributed by atoms with Crippen LogP contribution in [0.1, 0.15) is 44.5 Å². The van der Waals surface area contributed by atoms with Gasteiger partial charge in [0.15, 0.2) is 0 Å². The molecule has 3 N–H and O–H groups in total. The minimum atomic E-state index is -0.702. The Kier molecular flexibility index (Phi) is 7.03. The van der Waals surface area contributed by atoms with E-state index in [0.717, 1.165) is 0 Å². The highest BCUT2D eigenvalue weighted by Gasteiger charge is 2.23. The van der Waals surface area contributed by atoms with Crippen LogP contribution < -0.4 is 10.6 Å². The summed E-state index contributed by atoms with van der Waals surface area (Å²) in [5.41, 5.74) is 0.415. The number of carbonyl (C=O) groups is 2. The van der Waals surface area contributed by atoms with Crippen molar-refractivity contribution in [3.63, 3.8) is 0 Å². The number of rotatable bonds is 6. The Bertz CT molecular complexity index is 538. The summed E-state index contributed by atoms with van der Waals surface area (Å²) < 4.78 is 0. The van der Waals surface area contributed by atoms with E-state index in [9.17, 15) is 14.7 Å². The Labute approximate surface area is 142 Å². The molecule has 2 amide bonds. The third-order valence-electron chi connectivity index (χ3n) is 3.27. The van der Waals surface area contributed by atoms with Crippen molar-refractivity contribution in [2.45, 2.75) is 46.2 Å². The number of benzene rings is 1.